The molecular weight excluding hydrogens is 238 g/mol. The average Bonchev–Trinajstić information content (AvgIpc) is 1.62. The molecule has 0 spiro atoms. The molecular formula is C4H12BrNO2S2. The molecule has 1 unspecified atom stereocenters. The summed E-state index contributed by atoms with van der Waals surface area (Å²) >= 11 is 0. The van der Waals surface area contributed by atoms with E-state index in [2.05, 4.69) is 0 Å². The Labute approximate surface area is 75.8 Å². The minimum absolute atomic E-state index is 0. The summed E-state index contributed by atoms with van der Waals surface area (Å²) in [7, 11) is -1.99. The molecule has 0 heterocycles. The van der Waals surface area contributed by atoms with Crippen molar-refractivity contribution < 1.29 is 8.42 Å². The highest BCUT2D eigenvalue weighted by molar-refractivity contribution is 8.93. The molecule has 6 heteroatoms. The largest absolute Gasteiger partial charge is 0.329 e. The van der Waals surface area contributed by atoms with Gasteiger partial charge in [-0.15, -0.1) is 17.0 Å². The Bertz CT molecular complexity index is 168. The quantitative estimate of drug-likeness (QED) is 0.745. The van der Waals surface area contributed by atoms with Crippen molar-refractivity contribution in [2.24, 2.45) is 5.73 Å². The summed E-state index contributed by atoms with van der Waals surface area (Å²) in [4.78, 5) is 0. The van der Waals surface area contributed by atoms with Gasteiger partial charge < -0.3 is 5.73 Å². The molecule has 0 aliphatic heterocycles. The highest BCUT2D eigenvalue weighted by atomic mass is 79.9. The molecule has 0 amide bonds. The minimum Gasteiger partial charge on any atom is -0.329 e. The molecule has 0 bridgehead atoms. The highest BCUT2D eigenvalue weighted by Crippen LogP contribution is 2.15. The number of hydrogen-bond acceptors (Lipinski definition) is 4. The predicted molar refractivity (Wildman–Crippen MR) is 51.3 cm³/mol. The first kappa shape index (κ1) is 13.3. The van der Waals surface area contributed by atoms with Crippen LogP contribution in [0.2, 0.25) is 0 Å². The molecule has 0 aromatic heterocycles. The van der Waals surface area contributed by atoms with Crippen LogP contribution in [0.15, 0.2) is 0 Å². The van der Waals surface area contributed by atoms with Crippen LogP contribution >= 0.6 is 27.8 Å². The van der Waals surface area contributed by atoms with E-state index in [9.17, 15) is 8.42 Å². The van der Waals surface area contributed by atoms with Crippen LogP contribution in [0.3, 0.4) is 0 Å². The summed E-state index contributed by atoms with van der Waals surface area (Å²) in [5.41, 5.74) is 5.19. The zero-order chi connectivity index (χ0) is 7.49. The van der Waals surface area contributed by atoms with Crippen molar-refractivity contribution in [2.45, 2.75) is 12.2 Å². The molecule has 3 nitrogen and oxygen atoms in total. The fraction of sp³-hybridized carbons (Fsp3) is 1.00. The lowest BCUT2D eigenvalue weighted by Crippen LogP contribution is -2.14. The van der Waals surface area contributed by atoms with Gasteiger partial charge in [0.1, 0.15) is 0 Å². The van der Waals surface area contributed by atoms with Gasteiger partial charge in [-0.25, -0.2) is 8.42 Å². The van der Waals surface area contributed by atoms with Crippen molar-refractivity contribution >= 4 is 36.6 Å². The Morgan fingerprint density at radius 1 is 1.60 bits per heavy atom. The molecule has 0 aromatic carbocycles. The summed E-state index contributed by atoms with van der Waals surface area (Å²) in [6.07, 6.45) is 1.18. The van der Waals surface area contributed by atoms with Crippen molar-refractivity contribution in [1.29, 1.82) is 0 Å². The van der Waals surface area contributed by atoms with Crippen LogP contribution in [0, 0.1) is 0 Å². The van der Waals surface area contributed by atoms with Crippen LogP contribution in [0.5, 0.6) is 0 Å². The molecule has 0 aliphatic rings. The lowest BCUT2D eigenvalue weighted by Gasteiger charge is -2.03. The van der Waals surface area contributed by atoms with Crippen molar-refractivity contribution in [3.63, 3.8) is 0 Å². The molecule has 64 valence electrons. The van der Waals surface area contributed by atoms with Gasteiger partial charge in [0.25, 0.3) is 0 Å². The maximum absolute atomic E-state index is 10.5. The summed E-state index contributed by atoms with van der Waals surface area (Å²) < 4.78 is 21.0. The SMILES string of the molecule is Br.CC(CN)SS(C)(=O)=O. The molecule has 10 heavy (non-hydrogen) atoms. The van der Waals surface area contributed by atoms with Gasteiger partial charge in [0.2, 0.25) is 0 Å². The Morgan fingerprint density at radius 2 is 2.00 bits per heavy atom. The van der Waals surface area contributed by atoms with Gasteiger partial charge in [0.05, 0.1) is 0 Å². The van der Waals surface area contributed by atoms with Gasteiger partial charge in [-0.3, -0.25) is 0 Å². The van der Waals surface area contributed by atoms with E-state index in [1.165, 1.54) is 6.26 Å². The van der Waals surface area contributed by atoms with Gasteiger partial charge in [0, 0.05) is 18.1 Å². The summed E-state index contributed by atoms with van der Waals surface area (Å²) in [5, 5.41) is -0.000000000000000222. The fourth-order valence-corrected chi connectivity index (χ4v) is 3.04. The first-order chi connectivity index (χ1) is 3.95. The van der Waals surface area contributed by atoms with Crippen LogP contribution in [-0.2, 0) is 8.87 Å². The van der Waals surface area contributed by atoms with E-state index >= 15 is 0 Å². The van der Waals surface area contributed by atoms with Crippen LogP contribution in [-0.4, -0.2) is 26.5 Å². The Kier molecular flexibility index (Phi) is 7.20. The Morgan fingerprint density at radius 3 is 2.10 bits per heavy atom. The second-order valence-corrected chi connectivity index (χ2v) is 6.65. The van der Waals surface area contributed by atoms with E-state index in [0.29, 0.717) is 6.54 Å². The Hall–Kier alpha value is 0.740. The van der Waals surface area contributed by atoms with Crippen molar-refractivity contribution in [3.05, 3.63) is 0 Å². The third-order valence-electron chi connectivity index (χ3n) is 0.671. The van der Waals surface area contributed by atoms with E-state index < -0.39 is 8.87 Å². The maximum atomic E-state index is 10.5. The van der Waals surface area contributed by atoms with Crippen LogP contribution in [0.1, 0.15) is 6.92 Å². The standard InChI is InChI=1S/C4H11NO2S2.BrH/c1-4(3-5)8-9(2,6)7;/h4H,3,5H2,1-2H3;1H. The van der Waals surface area contributed by atoms with Gasteiger partial charge in [-0.1, -0.05) is 6.92 Å². The van der Waals surface area contributed by atoms with Gasteiger partial charge >= 0.3 is 0 Å². The molecule has 2 N–H and O–H groups in total. The van der Waals surface area contributed by atoms with Crippen molar-refractivity contribution in [1.82, 2.24) is 0 Å². The molecule has 1 atom stereocenters. The van der Waals surface area contributed by atoms with Crippen LogP contribution in [0.25, 0.3) is 0 Å². The summed E-state index contributed by atoms with van der Waals surface area (Å²) in [6.45, 7) is 2.18. The Balaban J connectivity index is 0. The second-order valence-electron chi connectivity index (χ2n) is 1.85. The summed E-state index contributed by atoms with van der Waals surface area (Å²) in [5.74, 6) is 0. The van der Waals surface area contributed by atoms with Crippen molar-refractivity contribution in [2.75, 3.05) is 12.8 Å². The fourth-order valence-electron chi connectivity index (χ4n) is 0.338. The normalized spacial score (nSPS) is 13.9. The monoisotopic (exact) mass is 249 g/mol. The zero-order valence-corrected chi connectivity index (χ0v) is 9.25. The average molecular weight is 250 g/mol. The summed E-state index contributed by atoms with van der Waals surface area (Å²) in [6, 6.07) is 0. The van der Waals surface area contributed by atoms with Gasteiger partial charge in [-0.05, 0) is 10.8 Å². The molecule has 0 saturated carbocycles. The molecule has 0 aliphatic carbocycles. The smallest absolute Gasteiger partial charge is 0.199 e. The minimum atomic E-state index is -2.90. The molecule has 0 fully saturated rings. The number of halogens is 1. The maximum Gasteiger partial charge on any atom is 0.199 e. The molecule has 0 aromatic rings. The number of hydrogen-bond donors (Lipinski definition) is 1. The lowest BCUT2D eigenvalue weighted by atomic mass is 10.5. The van der Waals surface area contributed by atoms with Crippen molar-refractivity contribution in [3.8, 4) is 0 Å². The van der Waals surface area contributed by atoms with E-state index in [1.54, 1.807) is 6.92 Å². The van der Waals surface area contributed by atoms with Gasteiger partial charge in [0.15, 0.2) is 8.87 Å². The lowest BCUT2D eigenvalue weighted by molar-refractivity contribution is 0.615. The first-order valence-electron chi connectivity index (χ1n) is 2.54. The van der Waals surface area contributed by atoms with E-state index in [0.717, 1.165) is 10.8 Å². The van der Waals surface area contributed by atoms with Crippen LogP contribution in [0.4, 0.5) is 0 Å². The van der Waals surface area contributed by atoms with E-state index in [4.69, 9.17) is 5.73 Å². The van der Waals surface area contributed by atoms with Gasteiger partial charge in [-0.2, -0.15) is 0 Å². The second kappa shape index (κ2) is 5.40. The third-order valence-corrected chi connectivity index (χ3v) is 3.58. The highest BCUT2D eigenvalue weighted by Gasteiger charge is 2.08. The van der Waals surface area contributed by atoms with E-state index in [-0.39, 0.29) is 22.2 Å². The molecule has 0 radical (unpaired) electrons. The molecule has 0 rings (SSSR count). The number of nitrogens with two attached hydrogens (primary N) is 1. The molecule has 0 saturated heterocycles. The van der Waals surface area contributed by atoms with Crippen LogP contribution < -0.4 is 5.73 Å². The third kappa shape index (κ3) is 8.74. The number of rotatable bonds is 3. The topological polar surface area (TPSA) is 60.2 Å². The zero-order valence-electron chi connectivity index (χ0n) is 5.90. The predicted octanol–water partition coefficient (Wildman–Crippen LogP) is 0.604. The van der Waals surface area contributed by atoms with E-state index in [1.807, 2.05) is 0 Å². The first-order valence-corrected chi connectivity index (χ1v) is 5.83.